The van der Waals surface area contributed by atoms with Crippen molar-refractivity contribution in [3.63, 3.8) is 0 Å². The number of rotatable bonds is 6. The second-order valence-electron chi connectivity index (χ2n) is 4.69. The summed E-state index contributed by atoms with van der Waals surface area (Å²) in [5.41, 5.74) is -0.173. The van der Waals surface area contributed by atoms with Gasteiger partial charge in [-0.2, -0.15) is 4.98 Å². The highest BCUT2D eigenvalue weighted by atomic mass is 35.5. The van der Waals surface area contributed by atoms with E-state index in [1.54, 1.807) is 13.2 Å². The fourth-order valence-corrected chi connectivity index (χ4v) is 1.39. The molecule has 1 rings (SSSR count). The van der Waals surface area contributed by atoms with Crippen molar-refractivity contribution >= 4 is 11.6 Å². The lowest BCUT2D eigenvalue weighted by Crippen LogP contribution is -2.22. The molecule has 102 valence electrons. The third-order valence-corrected chi connectivity index (χ3v) is 2.05. The van der Waals surface area contributed by atoms with Crippen molar-refractivity contribution < 1.29 is 14.2 Å². The number of hydrogen-bond acceptors (Lipinski definition) is 5. The van der Waals surface area contributed by atoms with Crippen LogP contribution in [0.1, 0.15) is 26.6 Å². The molecule has 0 saturated carbocycles. The summed E-state index contributed by atoms with van der Waals surface area (Å²) in [7, 11) is 1.57. The van der Waals surface area contributed by atoms with E-state index in [1.165, 1.54) is 0 Å². The topological polar surface area (TPSA) is 53.5 Å². The lowest BCUT2D eigenvalue weighted by atomic mass is 10.2. The van der Waals surface area contributed by atoms with Gasteiger partial charge in [0.25, 0.3) is 0 Å². The molecule has 0 amide bonds. The van der Waals surface area contributed by atoms with Gasteiger partial charge in [-0.3, -0.25) is 0 Å². The van der Waals surface area contributed by atoms with Gasteiger partial charge in [0, 0.05) is 13.2 Å². The average Bonchev–Trinajstić information content (AvgIpc) is 2.23. The van der Waals surface area contributed by atoms with Gasteiger partial charge < -0.3 is 14.2 Å². The summed E-state index contributed by atoms with van der Waals surface area (Å²) in [5.74, 6) is 0.927. The van der Waals surface area contributed by atoms with Crippen LogP contribution in [0.5, 0.6) is 5.88 Å². The number of hydrogen-bond donors (Lipinski definition) is 0. The van der Waals surface area contributed by atoms with Gasteiger partial charge in [-0.1, -0.05) is 11.6 Å². The molecule has 0 unspecified atom stereocenters. The van der Waals surface area contributed by atoms with Gasteiger partial charge in [0.1, 0.15) is 18.4 Å². The molecule has 0 atom stereocenters. The molecule has 5 nitrogen and oxygen atoms in total. The van der Waals surface area contributed by atoms with E-state index in [4.69, 9.17) is 25.8 Å². The highest BCUT2D eigenvalue weighted by Gasteiger charge is 2.10. The van der Waals surface area contributed by atoms with Crippen molar-refractivity contribution in [1.29, 1.82) is 0 Å². The third-order valence-electron chi connectivity index (χ3n) is 1.86. The highest BCUT2D eigenvalue weighted by molar-refractivity contribution is 6.29. The first-order valence-corrected chi connectivity index (χ1v) is 6.07. The second-order valence-corrected chi connectivity index (χ2v) is 5.07. The minimum absolute atomic E-state index is 0.173. The average molecular weight is 275 g/mol. The second kappa shape index (κ2) is 6.87. The summed E-state index contributed by atoms with van der Waals surface area (Å²) in [6.07, 6.45) is 0. The highest BCUT2D eigenvalue weighted by Crippen LogP contribution is 2.14. The SMILES string of the molecule is COCc1nc(Cl)cc(OCCOC(C)(C)C)n1. The summed E-state index contributed by atoms with van der Waals surface area (Å²) in [5, 5.41) is 0.337. The number of nitrogens with zero attached hydrogens (tertiary/aromatic N) is 2. The monoisotopic (exact) mass is 274 g/mol. The van der Waals surface area contributed by atoms with E-state index in [0.717, 1.165) is 0 Å². The van der Waals surface area contributed by atoms with E-state index in [0.29, 0.717) is 36.7 Å². The zero-order valence-electron chi connectivity index (χ0n) is 11.2. The van der Waals surface area contributed by atoms with Crippen molar-refractivity contribution in [1.82, 2.24) is 9.97 Å². The molecular weight excluding hydrogens is 256 g/mol. The Morgan fingerprint density at radius 1 is 1.22 bits per heavy atom. The number of aromatic nitrogens is 2. The van der Waals surface area contributed by atoms with Crippen molar-refractivity contribution in [3.8, 4) is 5.88 Å². The maximum atomic E-state index is 5.85. The van der Waals surface area contributed by atoms with Crippen LogP contribution < -0.4 is 4.74 Å². The standard InChI is InChI=1S/C12H19ClN2O3/c1-12(2,3)18-6-5-17-11-7-9(13)14-10(15-11)8-16-4/h7H,5-6,8H2,1-4H3. The van der Waals surface area contributed by atoms with Crippen LogP contribution >= 0.6 is 11.6 Å². The van der Waals surface area contributed by atoms with Gasteiger partial charge in [0.15, 0.2) is 5.82 Å². The maximum absolute atomic E-state index is 5.85. The molecule has 1 aromatic rings. The minimum atomic E-state index is -0.173. The van der Waals surface area contributed by atoms with Crippen molar-refractivity contribution in [2.45, 2.75) is 33.0 Å². The summed E-state index contributed by atoms with van der Waals surface area (Å²) in [6.45, 7) is 7.18. The molecule has 6 heteroatoms. The van der Waals surface area contributed by atoms with E-state index >= 15 is 0 Å². The van der Waals surface area contributed by atoms with Gasteiger partial charge in [-0.25, -0.2) is 4.98 Å². The van der Waals surface area contributed by atoms with Crippen LogP contribution in [0.2, 0.25) is 5.15 Å². The molecule has 0 fully saturated rings. The van der Waals surface area contributed by atoms with Crippen LogP contribution in [0.15, 0.2) is 6.07 Å². The Balaban J connectivity index is 2.46. The quantitative estimate of drug-likeness (QED) is 0.589. The molecule has 1 heterocycles. The Kier molecular flexibility index (Phi) is 5.78. The Morgan fingerprint density at radius 3 is 2.56 bits per heavy atom. The van der Waals surface area contributed by atoms with Crippen molar-refractivity contribution in [2.75, 3.05) is 20.3 Å². The van der Waals surface area contributed by atoms with Gasteiger partial charge in [0.2, 0.25) is 5.88 Å². The summed E-state index contributed by atoms with van der Waals surface area (Å²) in [6, 6.07) is 1.57. The molecule has 0 spiro atoms. The van der Waals surface area contributed by atoms with Crippen molar-refractivity contribution in [2.24, 2.45) is 0 Å². The van der Waals surface area contributed by atoms with Gasteiger partial charge >= 0.3 is 0 Å². The Labute approximate surface area is 112 Å². The molecule has 0 bridgehead atoms. The molecule has 0 aliphatic heterocycles. The van der Waals surface area contributed by atoms with Crippen LogP contribution in [0, 0.1) is 0 Å². The predicted octanol–water partition coefficient (Wildman–Crippen LogP) is 2.47. The third kappa shape index (κ3) is 6.14. The van der Waals surface area contributed by atoms with Crippen molar-refractivity contribution in [3.05, 3.63) is 17.0 Å². The van der Waals surface area contributed by atoms with Crippen LogP contribution in [0.3, 0.4) is 0 Å². The lowest BCUT2D eigenvalue weighted by molar-refractivity contribution is -0.0168. The fourth-order valence-electron chi connectivity index (χ4n) is 1.20. The molecule has 0 radical (unpaired) electrons. The summed E-state index contributed by atoms with van der Waals surface area (Å²) in [4.78, 5) is 8.17. The van der Waals surface area contributed by atoms with E-state index in [-0.39, 0.29) is 5.60 Å². The first kappa shape index (κ1) is 15.1. The van der Waals surface area contributed by atoms with Crippen LogP contribution in [0.25, 0.3) is 0 Å². The summed E-state index contributed by atoms with van der Waals surface area (Å²) >= 11 is 5.85. The Bertz CT molecular complexity index is 380. The predicted molar refractivity (Wildman–Crippen MR) is 69.0 cm³/mol. The van der Waals surface area contributed by atoms with Gasteiger partial charge in [-0.05, 0) is 20.8 Å². The van der Waals surface area contributed by atoms with Crippen LogP contribution in [-0.4, -0.2) is 35.9 Å². The molecule has 0 aliphatic rings. The van der Waals surface area contributed by atoms with E-state index < -0.39 is 0 Å². The van der Waals surface area contributed by atoms with E-state index in [2.05, 4.69) is 9.97 Å². The minimum Gasteiger partial charge on any atom is -0.475 e. The van der Waals surface area contributed by atoms with E-state index in [9.17, 15) is 0 Å². The number of methoxy groups -OCH3 is 1. The molecule has 1 aromatic heterocycles. The summed E-state index contributed by atoms with van der Waals surface area (Å²) < 4.78 is 15.9. The largest absolute Gasteiger partial charge is 0.475 e. The number of ether oxygens (including phenoxy) is 3. The normalized spacial score (nSPS) is 11.6. The molecule has 0 aromatic carbocycles. The zero-order valence-corrected chi connectivity index (χ0v) is 12.0. The zero-order chi connectivity index (χ0) is 13.6. The van der Waals surface area contributed by atoms with Crippen LogP contribution in [-0.2, 0) is 16.1 Å². The smallest absolute Gasteiger partial charge is 0.218 e. The first-order chi connectivity index (χ1) is 8.40. The fraction of sp³-hybridized carbons (Fsp3) is 0.667. The molecule has 0 saturated heterocycles. The Hall–Kier alpha value is -0.910. The molecule has 0 N–H and O–H groups in total. The van der Waals surface area contributed by atoms with Gasteiger partial charge in [0.05, 0.1) is 12.2 Å². The lowest BCUT2D eigenvalue weighted by Gasteiger charge is -2.19. The molecular formula is C12H19ClN2O3. The number of halogens is 1. The maximum Gasteiger partial charge on any atom is 0.218 e. The molecule has 0 aliphatic carbocycles. The van der Waals surface area contributed by atoms with E-state index in [1.807, 2.05) is 20.8 Å². The molecule has 18 heavy (non-hydrogen) atoms. The van der Waals surface area contributed by atoms with Gasteiger partial charge in [-0.15, -0.1) is 0 Å². The first-order valence-electron chi connectivity index (χ1n) is 5.70. The Morgan fingerprint density at radius 2 is 1.94 bits per heavy atom. The van der Waals surface area contributed by atoms with Crippen LogP contribution in [0.4, 0.5) is 0 Å².